The molecule has 0 saturated carbocycles. The van der Waals surface area contributed by atoms with Crippen LogP contribution < -0.4 is 5.32 Å². The van der Waals surface area contributed by atoms with E-state index in [0.29, 0.717) is 6.10 Å². The molecule has 5 nitrogen and oxygen atoms in total. The SMILES string of the molecule is c1cn2c(n1)CN(CCOC1CCNCC1)CC2. The van der Waals surface area contributed by atoms with Crippen LogP contribution >= 0.6 is 0 Å². The van der Waals surface area contributed by atoms with Crippen molar-refractivity contribution < 1.29 is 4.74 Å². The van der Waals surface area contributed by atoms with Gasteiger partial charge in [0.25, 0.3) is 0 Å². The monoisotopic (exact) mass is 250 g/mol. The van der Waals surface area contributed by atoms with Crippen molar-refractivity contribution in [3.63, 3.8) is 0 Å². The first kappa shape index (κ1) is 12.1. The Labute approximate surface area is 108 Å². The summed E-state index contributed by atoms with van der Waals surface area (Å²) in [5, 5.41) is 3.36. The molecular weight excluding hydrogens is 228 g/mol. The molecule has 3 heterocycles. The van der Waals surface area contributed by atoms with Gasteiger partial charge in [-0.2, -0.15) is 0 Å². The summed E-state index contributed by atoms with van der Waals surface area (Å²) in [6, 6.07) is 0. The van der Waals surface area contributed by atoms with Gasteiger partial charge in [-0.25, -0.2) is 4.98 Å². The lowest BCUT2D eigenvalue weighted by atomic mass is 10.1. The molecule has 2 aliphatic heterocycles. The molecule has 5 heteroatoms. The predicted molar refractivity (Wildman–Crippen MR) is 69.3 cm³/mol. The maximum atomic E-state index is 5.95. The summed E-state index contributed by atoms with van der Waals surface area (Å²) in [5.41, 5.74) is 0. The number of ether oxygens (including phenoxy) is 1. The minimum absolute atomic E-state index is 0.470. The molecule has 18 heavy (non-hydrogen) atoms. The first-order chi connectivity index (χ1) is 8.92. The third-order valence-electron chi connectivity index (χ3n) is 3.87. The zero-order chi connectivity index (χ0) is 12.2. The Hall–Kier alpha value is -0.910. The molecule has 0 bridgehead atoms. The van der Waals surface area contributed by atoms with Crippen LogP contribution in [-0.2, 0) is 17.8 Å². The lowest BCUT2D eigenvalue weighted by molar-refractivity contribution is 0.0165. The second-order valence-corrected chi connectivity index (χ2v) is 5.13. The summed E-state index contributed by atoms with van der Waals surface area (Å²) in [6.45, 7) is 7.21. The summed E-state index contributed by atoms with van der Waals surface area (Å²) in [7, 11) is 0. The maximum Gasteiger partial charge on any atom is 0.122 e. The first-order valence-electron chi connectivity index (χ1n) is 6.96. The van der Waals surface area contributed by atoms with Gasteiger partial charge in [0, 0.05) is 32.0 Å². The fourth-order valence-corrected chi connectivity index (χ4v) is 2.72. The van der Waals surface area contributed by atoms with Gasteiger partial charge in [-0.15, -0.1) is 0 Å². The summed E-state index contributed by atoms with van der Waals surface area (Å²) >= 11 is 0. The van der Waals surface area contributed by atoms with Gasteiger partial charge in [-0.1, -0.05) is 0 Å². The fourth-order valence-electron chi connectivity index (χ4n) is 2.72. The van der Waals surface area contributed by atoms with E-state index in [1.54, 1.807) is 0 Å². The largest absolute Gasteiger partial charge is 0.377 e. The molecule has 1 fully saturated rings. The van der Waals surface area contributed by atoms with Crippen LogP contribution in [0.5, 0.6) is 0 Å². The van der Waals surface area contributed by atoms with Crippen LogP contribution in [0.3, 0.4) is 0 Å². The quantitative estimate of drug-likeness (QED) is 0.843. The normalized spacial score (nSPS) is 22.0. The lowest BCUT2D eigenvalue weighted by Gasteiger charge is -2.29. The molecule has 0 aromatic carbocycles. The zero-order valence-corrected chi connectivity index (χ0v) is 10.8. The third kappa shape index (κ3) is 2.91. The van der Waals surface area contributed by atoms with Crippen molar-refractivity contribution in [2.75, 3.05) is 32.8 Å². The van der Waals surface area contributed by atoms with Crippen molar-refractivity contribution >= 4 is 0 Å². The average molecular weight is 250 g/mol. The van der Waals surface area contributed by atoms with E-state index in [-0.39, 0.29) is 0 Å². The summed E-state index contributed by atoms with van der Waals surface area (Å²) in [6.07, 6.45) is 6.75. The van der Waals surface area contributed by atoms with Crippen molar-refractivity contribution in [2.24, 2.45) is 0 Å². The third-order valence-corrected chi connectivity index (χ3v) is 3.87. The number of nitrogens with zero attached hydrogens (tertiary/aromatic N) is 3. The number of hydrogen-bond acceptors (Lipinski definition) is 4. The molecule has 0 spiro atoms. The van der Waals surface area contributed by atoms with Crippen LogP contribution in [-0.4, -0.2) is 53.3 Å². The summed E-state index contributed by atoms with van der Waals surface area (Å²) in [5.74, 6) is 1.18. The standard InChI is InChI=1S/C13H22N4O/c1-3-14-4-2-12(1)18-10-9-16-7-8-17-6-5-15-13(17)11-16/h5-6,12,14H,1-4,7-11H2. The first-order valence-corrected chi connectivity index (χ1v) is 6.96. The van der Waals surface area contributed by atoms with Gasteiger partial charge in [0.1, 0.15) is 5.82 Å². The molecule has 1 N–H and O–H groups in total. The molecule has 0 amide bonds. The topological polar surface area (TPSA) is 42.3 Å². The van der Waals surface area contributed by atoms with E-state index in [1.807, 2.05) is 6.20 Å². The molecule has 1 saturated heterocycles. The van der Waals surface area contributed by atoms with E-state index in [4.69, 9.17) is 4.74 Å². The minimum Gasteiger partial charge on any atom is -0.377 e. The number of hydrogen-bond donors (Lipinski definition) is 1. The number of piperidine rings is 1. The highest BCUT2D eigenvalue weighted by Crippen LogP contribution is 2.11. The zero-order valence-electron chi connectivity index (χ0n) is 10.8. The fraction of sp³-hybridized carbons (Fsp3) is 0.769. The van der Waals surface area contributed by atoms with Gasteiger partial charge < -0.3 is 14.6 Å². The number of aromatic nitrogens is 2. The van der Waals surface area contributed by atoms with Crippen LogP contribution in [0.4, 0.5) is 0 Å². The molecule has 0 unspecified atom stereocenters. The average Bonchev–Trinajstić information content (AvgIpc) is 2.87. The van der Waals surface area contributed by atoms with E-state index < -0.39 is 0 Å². The molecule has 3 rings (SSSR count). The van der Waals surface area contributed by atoms with Crippen LogP contribution in [0.25, 0.3) is 0 Å². The Morgan fingerprint density at radius 2 is 2.22 bits per heavy atom. The van der Waals surface area contributed by atoms with Gasteiger partial charge in [-0.3, -0.25) is 4.90 Å². The van der Waals surface area contributed by atoms with Crippen LogP contribution in [0, 0.1) is 0 Å². The van der Waals surface area contributed by atoms with Gasteiger partial charge in [0.15, 0.2) is 0 Å². The number of imidazole rings is 1. The minimum atomic E-state index is 0.470. The van der Waals surface area contributed by atoms with E-state index in [2.05, 4.69) is 26.0 Å². The molecule has 1 aromatic rings. The van der Waals surface area contributed by atoms with Crippen molar-refractivity contribution in [3.8, 4) is 0 Å². The van der Waals surface area contributed by atoms with E-state index in [1.165, 1.54) is 5.82 Å². The van der Waals surface area contributed by atoms with Gasteiger partial charge in [0.2, 0.25) is 0 Å². The number of rotatable bonds is 4. The predicted octanol–water partition coefficient (Wildman–Crippen LogP) is 0.467. The van der Waals surface area contributed by atoms with Crippen molar-refractivity contribution in [1.82, 2.24) is 19.8 Å². The second kappa shape index (κ2) is 5.82. The van der Waals surface area contributed by atoms with E-state index in [9.17, 15) is 0 Å². The molecule has 0 radical (unpaired) electrons. The molecule has 0 aliphatic carbocycles. The van der Waals surface area contributed by atoms with E-state index in [0.717, 1.165) is 58.7 Å². The Morgan fingerprint density at radius 1 is 1.33 bits per heavy atom. The Kier molecular flexibility index (Phi) is 3.93. The van der Waals surface area contributed by atoms with Gasteiger partial charge >= 0.3 is 0 Å². The number of fused-ring (bicyclic) bond motifs is 1. The Morgan fingerprint density at radius 3 is 3.11 bits per heavy atom. The lowest BCUT2D eigenvalue weighted by Crippen LogP contribution is -2.38. The summed E-state index contributed by atoms with van der Waals surface area (Å²) < 4.78 is 8.19. The van der Waals surface area contributed by atoms with Gasteiger partial charge in [0.05, 0.1) is 19.3 Å². The molecule has 2 aliphatic rings. The van der Waals surface area contributed by atoms with Crippen molar-refractivity contribution in [2.45, 2.75) is 32.0 Å². The maximum absolute atomic E-state index is 5.95. The Bertz CT molecular complexity index is 373. The summed E-state index contributed by atoms with van der Waals surface area (Å²) in [4.78, 5) is 6.81. The van der Waals surface area contributed by atoms with Gasteiger partial charge in [-0.05, 0) is 25.9 Å². The highest BCUT2D eigenvalue weighted by atomic mass is 16.5. The highest BCUT2D eigenvalue weighted by molar-refractivity contribution is 4.95. The Balaban J connectivity index is 1.39. The molecule has 0 atom stereocenters. The van der Waals surface area contributed by atoms with Crippen LogP contribution in [0.2, 0.25) is 0 Å². The highest BCUT2D eigenvalue weighted by Gasteiger charge is 2.17. The second-order valence-electron chi connectivity index (χ2n) is 5.13. The van der Waals surface area contributed by atoms with Crippen molar-refractivity contribution in [1.29, 1.82) is 0 Å². The molecule has 100 valence electrons. The van der Waals surface area contributed by atoms with Crippen LogP contribution in [0.1, 0.15) is 18.7 Å². The smallest absolute Gasteiger partial charge is 0.122 e. The van der Waals surface area contributed by atoms with Crippen LogP contribution in [0.15, 0.2) is 12.4 Å². The van der Waals surface area contributed by atoms with Crippen molar-refractivity contribution in [3.05, 3.63) is 18.2 Å². The molecular formula is C13H22N4O. The van der Waals surface area contributed by atoms with E-state index >= 15 is 0 Å². The molecule has 1 aromatic heterocycles. The number of nitrogens with one attached hydrogen (secondary N) is 1.